The van der Waals surface area contributed by atoms with Gasteiger partial charge < -0.3 is 30.9 Å². The van der Waals surface area contributed by atoms with Crippen LogP contribution in [-0.4, -0.2) is 74.9 Å². The molecule has 1 heterocycles. The maximum absolute atomic E-state index is 9.64. The number of likely N-dealkylation sites (tertiary alicyclic amines) is 1. The first-order valence-electron chi connectivity index (χ1n) is 10.7. The van der Waals surface area contributed by atoms with E-state index in [1.807, 2.05) is 25.1 Å². The molecular formula is C22H33ClN2O9. The van der Waals surface area contributed by atoms with Crippen molar-refractivity contribution in [2.24, 2.45) is 5.73 Å². The number of halogens is 1. The van der Waals surface area contributed by atoms with E-state index in [4.69, 9.17) is 42.5 Å². The molecule has 0 bridgehead atoms. The van der Waals surface area contributed by atoms with Gasteiger partial charge in [0.05, 0.1) is 32.3 Å². The van der Waals surface area contributed by atoms with E-state index in [1.165, 1.54) is 6.42 Å². The molecular weight excluding hydrogens is 472 g/mol. The summed E-state index contributed by atoms with van der Waals surface area (Å²) in [5.74, 6) is -3.37. The Hall–Kier alpha value is -2.89. The molecule has 0 aromatic heterocycles. The number of hydrogen-bond donors (Lipinski definition) is 5. The number of aliphatic carboxylic acids is 4. The van der Waals surface area contributed by atoms with Crippen LogP contribution in [0.1, 0.15) is 51.0 Å². The largest absolute Gasteiger partial charge is 0.494 e. The van der Waals surface area contributed by atoms with Gasteiger partial charge in [0.2, 0.25) is 0 Å². The van der Waals surface area contributed by atoms with E-state index in [-0.39, 0.29) is 25.7 Å². The third kappa shape index (κ3) is 16.7. The number of nitrogens with two attached hydrogens (primary N) is 1. The quantitative estimate of drug-likeness (QED) is 0.315. The van der Waals surface area contributed by atoms with Gasteiger partial charge in [-0.15, -0.1) is 0 Å². The van der Waals surface area contributed by atoms with E-state index in [0.29, 0.717) is 12.6 Å². The minimum atomic E-state index is -1.08. The number of ether oxygens (including phenoxy) is 1. The molecule has 2 rings (SSSR count). The van der Waals surface area contributed by atoms with Gasteiger partial charge in [0.15, 0.2) is 0 Å². The first kappa shape index (κ1) is 31.1. The van der Waals surface area contributed by atoms with Crippen molar-refractivity contribution in [1.82, 2.24) is 4.90 Å². The zero-order valence-electron chi connectivity index (χ0n) is 19.1. The Labute approximate surface area is 203 Å². The normalized spacial score (nSPS) is 15.1. The topological polar surface area (TPSA) is 188 Å². The molecule has 1 fully saturated rings. The van der Waals surface area contributed by atoms with Crippen molar-refractivity contribution in [3.63, 3.8) is 0 Å². The maximum Gasteiger partial charge on any atom is 0.303 e. The molecule has 0 spiro atoms. The summed E-state index contributed by atoms with van der Waals surface area (Å²) < 4.78 is 5.64. The molecule has 1 aliphatic rings. The van der Waals surface area contributed by atoms with E-state index >= 15 is 0 Å². The minimum absolute atomic E-state index is 0.296. The van der Waals surface area contributed by atoms with Crippen molar-refractivity contribution in [3.8, 4) is 5.75 Å². The van der Waals surface area contributed by atoms with Crippen LogP contribution in [0.3, 0.4) is 0 Å². The monoisotopic (exact) mass is 504 g/mol. The first-order chi connectivity index (χ1) is 15.9. The van der Waals surface area contributed by atoms with Crippen LogP contribution in [0.4, 0.5) is 0 Å². The third-order valence-electron chi connectivity index (χ3n) is 4.36. The number of piperidine rings is 1. The number of carboxylic acids is 4. The average molecular weight is 505 g/mol. The number of benzene rings is 1. The van der Waals surface area contributed by atoms with Gasteiger partial charge in [-0.3, -0.25) is 24.1 Å². The molecule has 1 saturated heterocycles. The molecule has 6 N–H and O–H groups in total. The zero-order valence-corrected chi connectivity index (χ0v) is 19.9. The smallest absolute Gasteiger partial charge is 0.303 e. The lowest BCUT2D eigenvalue weighted by Gasteiger charge is -2.31. The Morgan fingerprint density at radius 2 is 1.50 bits per heavy atom. The van der Waals surface area contributed by atoms with Gasteiger partial charge in [0, 0.05) is 29.7 Å². The second-order valence-corrected chi connectivity index (χ2v) is 7.83. The first-order valence-corrected chi connectivity index (χ1v) is 11.1. The van der Waals surface area contributed by atoms with Gasteiger partial charge in [-0.05, 0) is 44.5 Å². The summed E-state index contributed by atoms with van der Waals surface area (Å²) in [6, 6.07) is 6.11. The Morgan fingerprint density at radius 3 is 1.91 bits per heavy atom. The molecule has 1 atom stereocenters. The van der Waals surface area contributed by atoms with Crippen molar-refractivity contribution >= 4 is 35.5 Å². The van der Waals surface area contributed by atoms with Crippen LogP contribution in [0.2, 0.25) is 5.02 Å². The fourth-order valence-corrected chi connectivity index (χ4v) is 3.07. The standard InChI is InChI=1S/C14H21ClN2O.2C4H6O4/c1-2-18-14-6-5-12(15)8-11(14)9-17-7-3-4-13(16)10-17;2*5-3(6)1-2-4(7)8/h5-6,8,13H,2-4,7,9-10,16H2,1H3;2*1-2H2,(H,5,6)(H,7,8)/t13-;;/m0../s1. The lowest BCUT2D eigenvalue weighted by Crippen LogP contribution is -2.42. The summed E-state index contributed by atoms with van der Waals surface area (Å²) >= 11 is 6.06. The molecule has 11 nitrogen and oxygen atoms in total. The Kier molecular flexibility index (Phi) is 16.1. The third-order valence-corrected chi connectivity index (χ3v) is 4.60. The molecule has 12 heteroatoms. The van der Waals surface area contributed by atoms with Crippen LogP contribution in [0.25, 0.3) is 0 Å². The highest BCUT2D eigenvalue weighted by molar-refractivity contribution is 6.30. The summed E-state index contributed by atoms with van der Waals surface area (Å²) in [5.41, 5.74) is 7.16. The van der Waals surface area contributed by atoms with Gasteiger partial charge in [0.25, 0.3) is 0 Å². The molecule has 192 valence electrons. The van der Waals surface area contributed by atoms with E-state index in [1.54, 1.807) is 0 Å². The van der Waals surface area contributed by atoms with Gasteiger partial charge in [-0.25, -0.2) is 0 Å². The molecule has 0 radical (unpaired) electrons. The fourth-order valence-electron chi connectivity index (χ4n) is 2.87. The molecule has 0 aliphatic carbocycles. The highest BCUT2D eigenvalue weighted by Gasteiger charge is 2.18. The number of carbonyl (C=O) groups is 4. The molecule has 1 aliphatic heterocycles. The Morgan fingerprint density at radius 1 is 1.00 bits per heavy atom. The number of rotatable bonds is 10. The van der Waals surface area contributed by atoms with E-state index in [0.717, 1.165) is 42.4 Å². The molecule has 1 aromatic carbocycles. The van der Waals surface area contributed by atoms with Crippen LogP contribution in [0, 0.1) is 0 Å². The van der Waals surface area contributed by atoms with Crippen LogP contribution in [-0.2, 0) is 25.7 Å². The van der Waals surface area contributed by atoms with Gasteiger partial charge in [0.1, 0.15) is 5.75 Å². The number of nitrogens with zero attached hydrogens (tertiary/aromatic N) is 1. The van der Waals surface area contributed by atoms with Crippen LogP contribution in [0.5, 0.6) is 5.75 Å². The molecule has 1 aromatic rings. The van der Waals surface area contributed by atoms with Crippen LogP contribution in [0.15, 0.2) is 18.2 Å². The van der Waals surface area contributed by atoms with Crippen LogP contribution < -0.4 is 10.5 Å². The van der Waals surface area contributed by atoms with Crippen molar-refractivity contribution in [1.29, 1.82) is 0 Å². The van der Waals surface area contributed by atoms with Crippen LogP contribution >= 0.6 is 11.6 Å². The number of carboxylic acid groups (broad SMARTS) is 4. The van der Waals surface area contributed by atoms with Gasteiger partial charge in [-0.1, -0.05) is 11.6 Å². The zero-order chi connectivity index (χ0) is 26.1. The SMILES string of the molecule is CCOc1ccc(Cl)cc1CN1CCC[C@H](N)C1.O=C(O)CCC(=O)O.O=C(O)CCC(=O)O. The second-order valence-electron chi connectivity index (χ2n) is 7.40. The van der Waals surface area contributed by atoms with Crippen molar-refractivity contribution in [2.75, 3.05) is 19.7 Å². The average Bonchev–Trinajstić information content (AvgIpc) is 2.74. The second kappa shape index (κ2) is 17.6. The van der Waals surface area contributed by atoms with E-state index < -0.39 is 23.9 Å². The summed E-state index contributed by atoms with van der Waals surface area (Å²) in [7, 11) is 0. The predicted octanol–water partition coefficient (Wildman–Crippen LogP) is 2.53. The minimum Gasteiger partial charge on any atom is -0.494 e. The van der Waals surface area contributed by atoms with E-state index in [9.17, 15) is 19.2 Å². The molecule has 34 heavy (non-hydrogen) atoms. The predicted molar refractivity (Wildman–Crippen MR) is 124 cm³/mol. The Balaban J connectivity index is 0.000000570. The van der Waals surface area contributed by atoms with Gasteiger partial charge in [-0.2, -0.15) is 0 Å². The highest BCUT2D eigenvalue weighted by Crippen LogP contribution is 2.25. The van der Waals surface area contributed by atoms with E-state index in [2.05, 4.69) is 4.90 Å². The highest BCUT2D eigenvalue weighted by atomic mass is 35.5. The van der Waals surface area contributed by atoms with Crippen molar-refractivity contribution in [3.05, 3.63) is 28.8 Å². The Bertz CT molecular complexity index is 749. The molecule has 0 amide bonds. The fraction of sp³-hybridized carbons (Fsp3) is 0.545. The summed E-state index contributed by atoms with van der Waals surface area (Å²) in [6.07, 6.45) is 1.12. The van der Waals surface area contributed by atoms with Crippen molar-refractivity contribution in [2.45, 2.75) is 58.0 Å². The lowest BCUT2D eigenvalue weighted by atomic mass is 10.1. The lowest BCUT2D eigenvalue weighted by molar-refractivity contribution is -0.143. The molecule has 0 saturated carbocycles. The summed E-state index contributed by atoms with van der Waals surface area (Å²) in [6.45, 7) is 5.59. The van der Waals surface area contributed by atoms with Gasteiger partial charge >= 0.3 is 23.9 Å². The maximum atomic E-state index is 9.64. The molecule has 0 unspecified atom stereocenters. The summed E-state index contributed by atoms with van der Waals surface area (Å²) in [5, 5.41) is 32.4. The van der Waals surface area contributed by atoms with Crippen molar-refractivity contribution < 1.29 is 44.3 Å². The summed E-state index contributed by atoms with van der Waals surface area (Å²) in [4.78, 5) is 40.9. The number of hydrogen-bond acceptors (Lipinski definition) is 7.